The Labute approximate surface area is 105 Å². The molecule has 0 amide bonds. The van der Waals surface area contributed by atoms with Crippen LogP contribution in [-0.4, -0.2) is 9.97 Å². The lowest BCUT2D eigenvalue weighted by molar-refractivity contribution is 0.374. The predicted molar refractivity (Wildman–Crippen MR) is 68.4 cm³/mol. The Kier molecular flexibility index (Phi) is 3.37. The molecule has 0 saturated carbocycles. The first-order chi connectivity index (χ1) is 8.40. The highest BCUT2D eigenvalue weighted by Crippen LogP contribution is 2.31. The van der Waals surface area contributed by atoms with E-state index in [0.29, 0.717) is 22.9 Å². The summed E-state index contributed by atoms with van der Waals surface area (Å²) in [5.41, 5.74) is 1.03. The van der Waals surface area contributed by atoms with Crippen molar-refractivity contribution in [3.05, 3.63) is 29.6 Å². The lowest BCUT2D eigenvalue weighted by Crippen LogP contribution is -2.14. The summed E-state index contributed by atoms with van der Waals surface area (Å²) in [6, 6.07) is 2.31. The maximum absolute atomic E-state index is 13.2. The molecule has 0 spiro atoms. The third-order valence-electron chi connectivity index (χ3n) is 3.29. The van der Waals surface area contributed by atoms with Crippen LogP contribution in [0.2, 0.25) is 0 Å². The standard InChI is InChI=1S/C14H18F2N2/c1-7(2)13(8(3)4)14-17-11-5-9(15)10(16)6-12(11)18-14/h5-8,13H,1-4H3,(H,17,18). The molecular weight excluding hydrogens is 234 g/mol. The molecule has 0 atom stereocenters. The van der Waals surface area contributed by atoms with Gasteiger partial charge in [0.05, 0.1) is 11.0 Å². The van der Waals surface area contributed by atoms with Gasteiger partial charge in [0.2, 0.25) is 0 Å². The topological polar surface area (TPSA) is 28.7 Å². The van der Waals surface area contributed by atoms with Crippen LogP contribution in [0.4, 0.5) is 8.78 Å². The third kappa shape index (κ3) is 2.24. The van der Waals surface area contributed by atoms with Crippen LogP contribution >= 0.6 is 0 Å². The number of benzene rings is 1. The van der Waals surface area contributed by atoms with Gasteiger partial charge < -0.3 is 4.98 Å². The second kappa shape index (κ2) is 4.67. The number of hydrogen-bond acceptors (Lipinski definition) is 1. The monoisotopic (exact) mass is 252 g/mol. The van der Waals surface area contributed by atoms with Crippen LogP contribution < -0.4 is 0 Å². The van der Waals surface area contributed by atoms with Gasteiger partial charge in [0.15, 0.2) is 11.6 Å². The minimum atomic E-state index is -0.855. The molecule has 18 heavy (non-hydrogen) atoms. The molecule has 0 radical (unpaired) electrons. The minimum Gasteiger partial charge on any atom is -0.342 e. The summed E-state index contributed by atoms with van der Waals surface area (Å²) < 4.78 is 26.3. The number of nitrogens with zero attached hydrogens (tertiary/aromatic N) is 1. The van der Waals surface area contributed by atoms with E-state index in [2.05, 4.69) is 37.7 Å². The predicted octanol–water partition coefficient (Wildman–Crippen LogP) is 4.24. The van der Waals surface area contributed by atoms with E-state index in [1.54, 1.807) is 0 Å². The molecule has 4 heteroatoms. The molecule has 0 saturated heterocycles. The summed E-state index contributed by atoms with van der Waals surface area (Å²) in [5.74, 6) is 0.193. The van der Waals surface area contributed by atoms with E-state index in [1.807, 2.05) is 0 Å². The molecule has 98 valence electrons. The van der Waals surface area contributed by atoms with Crippen LogP contribution in [-0.2, 0) is 0 Å². The maximum atomic E-state index is 13.2. The SMILES string of the molecule is CC(C)C(c1nc2cc(F)c(F)cc2[nH]1)C(C)C. The molecule has 1 aromatic heterocycles. The maximum Gasteiger partial charge on any atom is 0.161 e. The molecule has 2 aromatic rings. The van der Waals surface area contributed by atoms with Gasteiger partial charge in [0, 0.05) is 18.1 Å². The fourth-order valence-corrected chi connectivity index (χ4v) is 2.58. The van der Waals surface area contributed by atoms with Gasteiger partial charge in [0.1, 0.15) is 5.82 Å². The van der Waals surface area contributed by atoms with E-state index < -0.39 is 11.6 Å². The molecule has 1 heterocycles. The molecule has 0 unspecified atom stereocenters. The van der Waals surface area contributed by atoms with Crippen molar-refractivity contribution in [2.45, 2.75) is 33.6 Å². The van der Waals surface area contributed by atoms with Crippen molar-refractivity contribution in [3.63, 3.8) is 0 Å². The number of H-pyrrole nitrogens is 1. The molecular formula is C14H18F2N2. The van der Waals surface area contributed by atoms with Gasteiger partial charge >= 0.3 is 0 Å². The third-order valence-corrected chi connectivity index (χ3v) is 3.29. The molecule has 0 fully saturated rings. The summed E-state index contributed by atoms with van der Waals surface area (Å²) >= 11 is 0. The van der Waals surface area contributed by atoms with Crippen molar-refractivity contribution in [2.75, 3.05) is 0 Å². The van der Waals surface area contributed by atoms with E-state index in [4.69, 9.17) is 0 Å². The first kappa shape index (κ1) is 13.0. The molecule has 0 aliphatic heterocycles. The lowest BCUT2D eigenvalue weighted by Gasteiger charge is -2.22. The van der Waals surface area contributed by atoms with Crippen LogP contribution in [0.3, 0.4) is 0 Å². The average Bonchev–Trinajstić information content (AvgIpc) is 2.59. The van der Waals surface area contributed by atoms with Crippen molar-refractivity contribution in [1.29, 1.82) is 0 Å². The number of hydrogen-bond donors (Lipinski definition) is 1. The number of fused-ring (bicyclic) bond motifs is 1. The molecule has 1 N–H and O–H groups in total. The summed E-state index contributed by atoms with van der Waals surface area (Å²) in [7, 11) is 0. The Morgan fingerprint density at radius 3 is 2.11 bits per heavy atom. The quantitative estimate of drug-likeness (QED) is 0.869. The molecule has 0 bridgehead atoms. The normalized spacial score (nSPS) is 12.3. The van der Waals surface area contributed by atoms with Gasteiger partial charge in [-0.15, -0.1) is 0 Å². The summed E-state index contributed by atoms with van der Waals surface area (Å²) in [6.45, 7) is 8.50. The zero-order valence-electron chi connectivity index (χ0n) is 11.1. The van der Waals surface area contributed by atoms with Crippen LogP contribution in [0.5, 0.6) is 0 Å². The Morgan fingerprint density at radius 1 is 1.00 bits per heavy atom. The van der Waals surface area contributed by atoms with Gasteiger partial charge in [0.25, 0.3) is 0 Å². The Bertz CT molecular complexity index is 511. The second-order valence-electron chi connectivity index (χ2n) is 5.42. The highest BCUT2D eigenvalue weighted by molar-refractivity contribution is 5.75. The highest BCUT2D eigenvalue weighted by atomic mass is 19.2. The van der Waals surface area contributed by atoms with Crippen molar-refractivity contribution in [3.8, 4) is 0 Å². The Hall–Kier alpha value is -1.45. The van der Waals surface area contributed by atoms with Crippen LogP contribution in [0, 0.1) is 23.5 Å². The fourth-order valence-electron chi connectivity index (χ4n) is 2.58. The van der Waals surface area contributed by atoms with Gasteiger partial charge in [-0.05, 0) is 11.8 Å². The van der Waals surface area contributed by atoms with Crippen molar-refractivity contribution in [1.82, 2.24) is 9.97 Å². The Morgan fingerprint density at radius 2 is 1.56 bits per heavy atom. The van der Waals surface area contributed by atoms with Crippen molar-refractivity contribution in [2.24, 2.45) is 11.8 Å². The number of aromatic nitrogens is 2. The smallest absolute Gasteiger partial charge is 0.161 e. The number of halogens is 2. The lowest BCUT2D eigenvalue weighted by atomic mass is 9.85. The fraction of sp³-hybridized carbons (Fsp3) is 0.500. The van der Waals surface area contributed by atoms with E-state index in [9.17, 15) is 8.78 Å². The average molecular weight is 252 g/mol. The molecule has 2 nitrogen and oxygen atoms in total. The van der Waals surface area contributed by atoms with Crippen molar-refractivity contribution >= 4 is 11.0 Å². The number of rotatable bonds is 3. The first-order valence-electron chi connectivity index (χ1n) is 6.24. The van der Waals surface area contributed by atoms with E-state index >= 15 is 0 Å². The van der Waals surface area contributed by atoms with E-state index in [-0.39, 0.29) is 5.92 Å². The Balaban J connectivity index is 2.52. The number of imidazole rings is 1. The van der Waals surface area contributed by atoms with Crippen LogP contribution in [0.15, 0.2) is 12.1 Å². The van der Waals surface area contributed by atoms with Gasteiger partial charge in [-0.1, -0.05) is 27.7 Å². The van der Waals surface area contributed by atoms with Gasteiger partial charge in [-0.2, -0.15) is 0 Å². The van der Waals surface area contributed by atoms with Crippen LogP contribution in [0.1, 0.15) is 39.4 Å². The molecule has 0 aliphatic rings. The van der Waals surface area contributed by atoms with Gasteiger partial charge in [-0.25, -0.2) is 13.8 Å². The largest absolute Gasteiger partial charge is 0.342 e. The zero-order chi connectivity index (χ0) is 13.4. The first-order valence-corrected chi connectivity index (χ1v) is 6.24. The zero-order valence-corrected chi connectivity index (χ0v) is 11.1. The second-order valence-corrected chi connectivity index (χ2v) is 5.42. The number of aromatic amines is 1. The van der Waals surface area contributed by atoms with E-state index in [1.165, 1.54) is 6.07 Å². The minimum absolute atomic E-state index is 0.253. The van der Waals surface area contributed by atoms with E-state index in [0.717, 1.165) is 11.9 Å². The van der Waals surface area contributed by atoms with Gasteiger partial charge in [-0.3, -0.25) is 0 Å². The molecule has 1 aromatic carbocycles. The molecule has 2 rings (SSSR count). The summed E-state index contributed by atoms with van der Waals surface area (Å²) in [6.07, 6.45) is 0. The summed E-state index contributed by atoms with van der Waals surface area (Å²) in [4.78, 5) is 7.50. The number of nitrogens with one attached hydrogen (secondary N) is 1. The van der Waals surface area contributed by atoms with Crippen molar-refractivity contribution < 1.29 is 8.78 Å². The summed E-state index contributed by atoms with van der Waals surface area (Å²) in [5, 5.41) is 0. The molecule has 0 aliphatic carbocycles. The van der Waals surface area contributed by atoms with Crippen LogP contribution in [0.25, 0.3) is 11.0 Å². The highest BCUT2D eigenvalue weighted by Gasteiger charge is 2.23.